The summed E-state index contributed by atoms with van der Waals surface area (Å²) in [5.74, 6) is -0.335. The van der Waals surface area contributed by atoms with Crippen molar-refractivity contribution in [2.75, 3.05) is 4.61 Å². The third-order valence-corrected chi connectivity index (χ3v) is 5.59. The molecule has 0 bridgehead atoms. The number of benzene rings is 1. The monoisotopic (exact) mass is 322 g/mol. The fourth-order valence-corrected chi connectivity index (χ4v) is 4.08. The molecule has 1 rings (SSSR count). The predicted octanol–water partition coefficient (Wildman–Crippen LogP) is 1.97. The summed E-state index contributed by atoms with van der Waals surface area (Å²) in [7, 11) is 0. The summed E-state index contributed by atoms with van der Waals surface area (Å²) in [5, 5.41) is 0. The van der Waals surface area contributed by atoms with Crippen molar-refractivity contribution < 1.29 is 17.4 Å². The van der Waals surface area contributed by atoms with Crippen LogP contribution < -0.4 is 0 Å². The molecule has 0 aliphatic heterocycles. The molecule has 0 aliphatic rings. The van der Waals surface area contributed by atoms with Gasteiger partial charge in [-0.25, -0.2) is 0 Å². The van der Waals surface area contributed by atoms with Crippen LogP contribution in [0.15, 0.2) is 30.3 Å². The van der Waals surface area contributed by atoms with Gasteiger partial charge in [-0.05, 0) is 0 Å². The molecule has 0 N–H and O–H groups in total. The van der Waals surface area contributed by atoms with E-state index in [2.05, 4.69) is 4.74 Å². The molecule has 0 spiro atoms. The number of alkyl halides is 1. The summed E-state index contributed by atoms with van der Waals surface area (Å²) in [6.45, 7) is 1.73. The van der Waals surface area contributed by atoms with E-state index in [0.717, 1.165) is 3.57 Å². The molecule has 0 saturated heterocycles. The molecule has 0 fully saturated rings. The minimum absolute atomic E-state index is 0.191. The summed E-state index contributed by atoms with van der Waals surface area (Å²) in [5.41, 5.74) is 0. The Kier molecular flexibility index (Phi) is 5.09. The van der Waals surface area contributed by atoms with E-state index in [9.17, 15) is 9.59 Å². The third-order valence-electron chi connectivity index (χ3n) is 1.41. The van der Waals surface area contributed by atoms with E-state index < -0.39 is 20.2 Å². The average Bonchev–Trinajstić information content (AvgIpc) is 2.25. The fourth-order valence-electron chi connectivity index (χ4n) is 0.899. The van der Waals surface area contributed by atoms with Gasteiger partial charge in [0, 0.05) is 0 Å². The van der Waals surface area contributed by atoms with Gasteiger partial charge in [-0.2, -0.15) is 0 Å². The van der Waals surface area contributed by atoms with Crippen LogP contribution in [0.1, 0.15) is 6.92 Å². The van der Waals surface area contributed by atoms with Crippen molar-refractivity contribution in [2.24, 2.45) is 0 Å². The predicted molar refractivity (Wildman–Crippen MR) is 62.9 cm³/mol. The van der Waals surface area contributed by atoms with Crippen molar-refractivity contribution in [2.45, 2.75) is 6.92 Å². The van der Waals surface area contributed by atoms with Crippen LogP contribution in [-0.4, -0.2) is 17.1 Å². The summed E-state index contributed by atoms with van der Waals surface area (Å²) in [6, 6.07) is 9.37. The molecule has 0 heterocycles. The molecule has 0 amide bonds. The third kappa shape index (κ3) is 4.28. The standard InChI is InChI=1S/C10H11IO4/c1-9(13)15-11(7-14-8-12)10-5-3-2-4-6-10/h2-6,8H,7H2,1H3. The summed E-state index contributed by atoms with van der Waals surface area (Å²) in [4.78, 5) is 21.0. The van der Waals surface area contributed by atoms with Gasteiger partial charge in [0.1, 0.15) is 0 Å². The summed E-state index contributed by atoms with van der Waals surface area (Å²) in [6.07, 6.45) is 0. The molecule has 0 radical (unpaired) electrons. The first kappa shape index (κ1) is 12.0. The van der Waals surface area contributed by atoms with E-state index in [0.29, 0.717) is 6.47 Å². The van der Waals surface area contributed by atoms with Gasteiger partial charge in [-0.1, -0.05) is 0 Å². The number of carbonyl (C=O) groups excluding carboxylic acids is 2. The Labute approximate surface area is 95.5 Å². The van der Waals surface area contributed by atoms with Crippen molar-refractivity contribution in [3.8, 4) is 0 Å². The van der Waals surface area contributed by atoms with Gasteiger partial charge in [-0.15, -0.1) is 0 Å². The first-order chi connectivity index (χ1) is 7.24. The van der Waals surface area contributed by atoms with Gasteiger partial charge in [0.2, 0.25) is 0 Å². The quantitative estimate of drug-likeness (QED) is 0.472. The molecule has 1 aromatic rings. The van der Waals surface area contributed by atoms with Gasteiger partial charge in [0.15, 0.2) is 0 Å². The van der Waals surface area contributed by atoms with Crippen LogP contribution in [0.3, 0.4) is 0 Å². The van der Waals surface area contributed by atoms with E-state index in [-0.39, 0.29) is 10.6 Å². The number of hydrogen-bond acceptors (Lipinski definition) is 4. The van der Waals surface area contributed by atoms with Crippen LogP contribution in [0.5, 0.6) is 0 Å². The van der Waals surface area contributed by atoms with E-state index in [1.165, 1.54) is 6.92 Å². The van der Waals surface area contributed by atoms with Crippen LogP contribution in [0, 0.1) is 3.57 Å². The van der Waals surface area contributed by atoms with Crippen molar-refractivity contribution in [1.82, 2.24) is 0 Å². The van der Waals surface area contributed by atoms with Crippen molar-refractivity contribution in [3.05, 3.63) is 33.9 Å². The molecule has 0 aliphatic carbocycles. The number of rotatable bonds is 5. The number of ether oxygens (including phenoxy) is 1. The topological polar surface area (TPSA) is 52.6 Å². The van der Waals surface area contributed by atoms with Crippen LogP contribution in [0.25, 0.3) is 0 Å². The maximum absolute atomic E-state index is 10.9. The van der Waals surface area contributed by atoms with E-state index >= 15 is 0 Å². The first-order valence-corrected chi connectivity index (χ1v) is 7.67. The molecule has 82 valence electrons. The molecule has 0 aromatic heterocycles. The van der Waals surface area contributed by atoms with E-state index in [1.807, 2.05) is 30.3 Å². The van der Waals surface area contributed by atoms with Crippen molar-refractivity contribution in [3.63, 3.8) is 0 Å². The van der Waals surface area contributed by atoms with Crippen LogP contribution in [0.4, 0.5) is 0 Å². The maximum atomic E-state index is 10.9. The molecule has 4 nitrogen and oxygen atoms in total. The molecular weight excluding hydrogens is 311 g/mol. The second-order valence-corrected chi connectivity index (χ2v) is 6.69. The van der Waals surface area contributed by atoms with Gasteiger partial charge in [0.05, 0.1) is 0 Å². The van der Waals surface area contributed by atoms with Crippen LogP contribution >= 0.6 is 20.2 Å². The summed E-state index contributed by atoms with van der Waals surface area (Å²) >= 11 is -2.15. The molecule has 1 aromatic carbocycles. The van der Waals surface area contributed by atoms with E-state index in [1.54, 1.807) is 0 Å². The first-order valence-electron chi connectivity index (χ1n) is 4.19. The van der Waals surface area contributed by atoms with Gasteiger partial charge >= 0.3 is 95.5 Å². The molecule has 0 unspecified atom stereocenters. The molecule has 5 heteroatoms. The number of halogens is 1. The molecule has 0 saturated carbocycles. The van der Waals surface area contributed by atoms with Crippen molar-refractivity contribution >= 4 is 32.7 Å². The normalized spacial score (nSPS) is 10.3. The van der Waals surface area contributed by atoms with Gasteiger partial charge in [-0.3, -0.25) is 0 Å². The molecule has 15 heavy (non-hydrogen) atoms. The van der Waals surface area contributed by atoms with Crippen LogP contribution in [0.2, 0.25) is 0 Å². The Morgan fingerprint density at radius 1 is 1.40 bits per heavy atom. The van der Waals surface area contributed by atoms with Crippen LogP contribution in [-0.2, 0) is 17.4 Å². The Morgan fingerprint density at radius 2 is 2.07 bits per heavy atom. The molecule has 0 atom stereocenters. The average molecular weight is 322 g/mol. The Morgan fingerprint density at radius 3 is 2.60 bits per heavy atom. The number of carbonyl (C=O) groups is 2. The van der Waals surface area contributed by atoms with Crippen molar-refractivity contribution in [1.29, 1.82) is 0 Å². The number of hydrogen-bond donors (Lipinski definition) is 0. The SMILES string of the molecule is CC(=O)OI(COC=O)c1ccccc1. The van der Waals surface area contributed by atoms with Gasteiger partial charge < -0.3 is 0 Å². The zero-order valence-electron chi connectivity index (χ0n) is 8.18. The summed E-state index contributed by atoms with van der Waals surface area (Å²) < 4.78 is 11.0. The Bertz CT molecular complexity index is 325. The Balaban J connectivity index is 2.71. The second-order valence-electron chi connectivity index (χ2n) is 2.56. The second kappa shape index (κ2) is 6.39. The Hall–Kier alpha value is -1.11. The molecular formula is C10H11IO4. The zero-order valence-corrected chi connectivity index (χ0v) is 10.3. The van der Waals surface area contributed by atoms with E-state index in [4.69, 9.17) is 3.07 Å². The van der Waals surface area contributed by atoms with Gasteiger partial charge in [0.25, 0.3) is 0 Å². The zero-order chi connectivity index (χ0) is 11.1. The fraction of sp³-hybridized carbons (Fsp3) is 0.200. The minimum atomic E-state index is -2.15.